The molecule has 0 aliphatic heterocycles. The monoisotopic (exact) mass is 446 g/mol. The maximum Gasteiger partial charge on any atom is 0.255 e. The third-order valence-electron chi connectivity index (χ3n) is 4.89. The van der Waals surface area contributed by atoms with Crippen LogP contribution in [0.4, 0.5) is 15.8 Å². The van der Waals surface area contributed by atoms with Gasteiger partial charge < -0.3 is 11.1 Å². The fourth-order valence-electron chi connectivity index (χ4n) is 3.13. The van der Waals surface area contributed by atoms with Crippen molar-refractivity contribution in [2.45, 2.75) is 9.79 Å². The van der Waals surface area contributed by atoms with E-state index in [1.54, 1.807) is 48.7 Å². The molecule has 0 spiro atoms. The van der Waals surface area contributed by atoms with Gasteiger partial charge in [-0.05, 0) is 71.8 Å². The van der Waals surface area contributed by atoms with Gasteiger partial charge in [-0.3, -0.25) is 9.78 Å². The van der Waals surface area contributed by atoms with E-state index >= 15 is 0 Å². The van der Waals surface area contributed by atoms with Gasteiger partial charge >= 0.3 is 0 Å². The maximum atomic E-state index is 13.2. The number of benzene rings is 3. The molecule has 0 aliphatic carbocycles. The number of nitrogens with zero attached hydrogens (tertiary/aromatic N) is 1. The van der Waals surface area contributed by atoms with Crippen LogP contribution >= 0.6 is 0 Å². The molecule has 3 aromatic carbocycles. The molecule has 1 heterocycles. The van der Waals surface area contributed by atoms with Crippen molar-refractivity contribution in [2.75, 3.05) is 11.1 Å². The van der Waals surface area contributed by atoms with Crippen molar-refractivity contribution in [1.82, 2.24) is 4.98 Å². The zero-order chi connectivity index (χ0) is 22.7. The molecule has 1 unspecified atom stereocenters. The summed E-state index contributed by atoms with van der Waals surface area (Å²) in [4.78, 5) is 17.2. The van der Waals surface area contributed by atoms with E-state index in [0.717, 1.165) is 11.1 Å². The minimum atomic E-state index is -3.23. The second-order valence-corrected chi connectivity index (χ2v) is 9.09. The van der Waals surface area contributed by atoms with Crippen LogP contribution in [0.3, 0.4) is 0 Å². The van der Waals surface area contributed by atoms with Crippen molar-refractivity contribution >= 4 is 27.0 Å². The van der Waals surface area contributed by atoms with E-state index < -0.39 is 15.6 Å². The normalized spacial score (nSPS) is 12.7. The summed E-state index contributed by atoms with van der Waals surface area (Å²) in [6, 6.07) is 20.4. The van der Waals surface area contributed by atoms with Crippen LogP contribution in [0.1, 0.15) is 10.4 Å². The Morgan fingerprint density at radius 2 is 1.62 bits per heavy atom. The summed E-state index contributed by atoms with van der Waals surface area (Å²) in [6.45, 7) is 0. The van der Waals surface area contributed by atoms with E-state index in [1.165, 1.54) is 42.6 Å². The average Bonchev–Trinajstić information content (AvgIpc) is 2.81. The first kappa shape index (κ1) is 21.2. The molecule has 1 aromatic heterocycles. The number of halogens is 1. The molecular weight excluding hydrogens is 427 g/mol. The molecule has 4 N–H and O–H groups in total. The summed E-state index contributed by atoms with van der Waals surface area (Å²) in [5, 5.41) is 2.77. The quantitative estimate of drug-likeness (QED) is 0.367. The molecule has 0 fully saturated rings. The first-order valence-corrected chi connectivity index (χ1v) is 11.2. The molecule has 6 nitrogen and oxygen atoms in total. The predicted molar refractivity (Wildman–Crippen MR) is 122 cm³/mol. The average molecular weight is 447 g/mol. The lowest BCUT2D eigenvalue weighted by atomic mass is 10.0. The largest absolute Gasteiger partial charge is 0.397 e. The van der Waals surface area contributed by atoms with Crippen molar-refractivity contribution in [3.63, 3.8) is 0 Å². The van der Waals surface area contributed by atoms with Crippen LogP contribution in [0.5, 0.6) is 0 Å². The fourth-order valence-corrected chi connectivity index (χ4v) is 4.40. The van der Waals surface area contributed by atoms with Crippen molar-refractivity contribution in [2.24, 2.45) is 0 Å². The Hall–Kier alpha value is -4.04. The van der Waals surface area contributed by atoms with E-state index in [-0.39, 0.29) is 10.7 Å². The van der Waals surface area contributed by atoms with Crippen LogP contribution in [0.15, 0.2) is 101 Å². The number of anilines is 2. The number of nitrogens with one attached hydrogen (secondary N) is 2. The minimum Gasteiger partial charge on any atom is -0.397 e. The number of hydrogen-bond acceptors (Lipinski definition) is 5. The van der Waals surface area contributed by atoms with Gasteiger partial charge in [0.05, 0.1) is 21.2 Å². The van der Waals surface area contributed by atoms with Gasteiger partial charge in [-0.15, -0.1) is 0 Å². The Bertz CT molecular complexity index is 1370. The summed E-state index contributed by atoms with van der Waals surface area (Å²) in [6.07, 6.45) is 2.94. The molecule has 0 saturated carbocycles. The Labute approximate surface area is 184 Å². The third kappa shape index (κ3) is 4.35. The lowest BCUT2D eigenvalue weighted by Crippen LogP contribution is -2.13. The van der Waals surface area contributed by atoms with Crippen LogP contribution in [0.25, 0.3) is 11.1 Å². The summed E-state index contributed by atoms with van der Waals surface area (Å²) in [5.41, 5.74) is 8.70. The highest BCUT2D eigenvalue weighted by Gasteiger charge is 2.15. The van der Waals surface area contributed by atoms with Gasteiger partial charge in [0.1, 0.15) is 15.5 Å². The molecule has 0 radical (unpaired) electrons. The standard InChI is InChI=1S/C24H19FN4O2S/c25-19-8-3-16(4-9-19)18-7-12-22(26)23(14-18)29-24(30)17-5-10-20(11-6-17)32(27,31)21-2-1-13-28-15-21/h1-15,27H,26H2,(H,29,30). The molecule has 8 heteroatoms. The summed E-state index contributed by atoms with van der Waals surface area (Å²) < 4.78 is 34.3. The molecule has 0 bridgehead atoms. The van der Waals surface area contributed by atoms with Crippen molar-refractivity contribution in [3.05, 3.63) is 103 Å². The van der Waals surface area contributed by atoms with Crippen LogP contribution in [-0.2, 0) is 9.73 Å². The number of nitrogen functional groups attached to an aromatic ring is 1. The zero-order valence-electron chi connectivity index (χ0n) is 16.8. The number of pyridine rings is 1. The first-order valence-electron chi connectivity index (χ1n) is 9.60. The maximum absolute atomic E-state index is 13.2. The minimum absolute atomic E-state index is 0.278. The van der Waals surface area contributed by atoms with Crippen LogP contribution in [0, 0.1) is 10.6 Å². The molecule has 160 valence electrons. The molecular formula is C24H19FN4O2S. The first-order chi connectivity index (χ1) is 15.3. The number of hydrogen-bond donors (Lipinski definition) is 3. The van der Waals surface area contributed by atoms with Crippen molar-refractivity contribution in [1.29, 1.82) is 4.78 Å². The SMILES string of the molecule is N=S(=O)(c1ccc(C(=O)Nc2cc(-c3ccc(F)cc3)ccc2N)cc1)c1cccnc1. The lowest BCUT2D eigenvalue weighted by Gasteiger charge is -2.12. The van der Waals surface area contributed by atoms with Gasteiger partial charge in [-0.25, -0.2) is 13.4 Å². The van der Waals surface area contributed by atoms with Gasteiger partial charge in [0.15, 0.2) is 0 Å². The highest BCUT2D eigenvalue weighted by atomic mass is 32.2. The molecule has 4 rings (SSSR count). The van der Waals surface area contributed by atoms with Gasteiger partial charge in [0, 0.05) is 18.0 Å². The number of carbonyl (C=O) groups excluding carboxylic acids is 1. The number of amides is 1. The molecule has 1 atom stereocenters. The van der Waals surface area contributed by atoms with Gasteiger partial charge in [0.25, 0.3) is 5.91 Å². The van der Waals surface area contributed by atoms with Gasteiger partial charge in [-0.1, -0.05) is 18.2 Å². The summed E-state index contributed by atoms with van der Waals surface area (Å²) in [5.74, 6) is -0.737. The van der Waals surface area contributed by atoms with Crippen LogP contribution < -0.4 is 11.1 Å². The van der Waals surface area contributed by atoms with Crippen LogP contribution in [0.2, 0.25) is 0 Å². The smallest absolute Gasteiger partial charge is 0.255 e. The van der Waals surface area contributed by atoms with E-state index in [0.29, 0.717) is 21.8 Å². The molecule has 1 amide bonds. The molecule has 4 aromatic rings. The summed E-state index contributed by atoms with van der Waals surface area (Å²) >= 11 is 0. The number of rotatable bonds is 5. The van der Waals surface area contributed by atoms with E-state index in [9.17, 15) is 13.4 Å². The molecule has 0 aliphatic rings. The van der Waals surface area contributed by atoms with Crippen LogP contribution in [-0.4, -0.2) is 15.1 Å². The second-order valence-electron chi connectivity index (χ2n) is 7.03. The highest BCUT2D eigenvalue weighted by Crippen LogP contribution is 2.28. The Morgan fingerprint density at radius 3 is 2.28 bits per heavy atom. The Morgan fingerprint density at radius 1 is 0.938 bits per heavy atom. The number of carbonyl (C=O) groups is 1. The lowest BCUT2D eigenvalue weighted by molar-refractivity contribution is 0.102. The third-order valence-corrected chi connectivity index (χ3v) is 6.74. The zero-order valence-corrected chi connectivity index (χ0v) is 17.6. The number of aromatic nitrogens is 1. The second kappa shape index (κ2) is 8.60. The van der Waals surface area contributed by atoms with E-state index in [4.69, 9.17) is 10.5 Å². The van der Waals surface area contributed by atoms with E-state index in [2.05, 4.69) is 10.3 Å². The highest BCUT2D eigenvalue weighted by molar-refractivity contribution is 7.92. The van der Waals surface area contributed by atoms with Gasteiger partial charge in [-0.2, -0.15) is 0 Å². The van der Waals surface area contributed by atoms with E-state index in [1.807, 2.05) is 0 Å². The molecule has 32 heavy (non-hydrogen) atoms. The van der Waals surface area contributed by atoms with Crippen molar-refractivity contribution < 1.29 is 13.4 Å². The molecule has 0 saturated heterocycles. The number of nitrogens with two attached hydrogens (primary N) is 1. The summed E-state index contributed by atoms with van der Waals surface area (Å²) in [7, 11) is -3.23. The predicted octanol–water partition coefficient (Wildman–Crippen LogP) is 5.19. The topological polar surface area (TPSA) is 109 Å². The Balaban J connectivity index is 1.56. The van der Waals surface area contributed by atoms with Gasteiger partial charge in [0.2, 0.25) is 0 Å². The fraction of sp³-hybridized carbons (Fsp3) is 0. The van der Waals surface area contributed by atoms with Crippen molar-refractivity contribution in [3.8, 4) is 11.1 Å². The Kier molecular flexibility index (Phi) is 5.70.